The van der Waals surface area contributed by atoms with E-state index in [9.17, 15) is 18.0 Å². The highest BCUT2D eigenvalue weighted by Crippen LogP contribution is 2.29. The van der Waals surface area contributed by atoms with E-state index in [0.717, 1.165) is 19.3 Å². The van der Waals surface area contributed by atoms with Gasteiger partial charge in [0.1, 0.15) is 6.04 Å². The van der Waals surface area contributed by atoms with Gasteiger partial charge in [0, 0.05) is 17.1 Å². The van der Waals surface area contributed by atoms with Crippen LogP contribution in [0.5, 0.6) is 0 Å². The van der Waals surface area contributed by atoms with Crippen LogP contribution in [0.15, 0.2) is 54.1 Å². The summed E-state index contributed by atoms with van der Waals surface area (Å²) < 4.78 is 25.4. The first-order valence-corrected chi connectivity index (χ1v) is 13.6. The standard InChI is InChI=1S/C25H28ClN3O4S/c26-20-9-5-4-8-19(20)15-34(32,33)16-23-25(31)29-22-14-18(10-11-21(22)28-23)24(30)27-13-12-17-6-2-1-3-7-17/h4-6,8-11,14,23,28H,1-3,7,12-13,15-16H2,(H,27,30)(H,29,31)/t23-/m0/s1. The zero-order valence-electron chi connectivity index (χ0n) is 18.8. The van der Waals surface area contributed by atoms with Crippen LogP contribution in [0, 0.1) is 0 Å². The molecule has 1 heterocycles. The number of nitrogens with one attached hydrogen (secondary N) is 3. The van der Waals surface area contributed by atoms with E-state index in [0.29, 0.717) is 34.1 Å². The second kappa shape index (κ2) is 10.6. The summed E-state index contributed by atoms with van der Waals surface area (Å²) in [6.45, 7) is 0.567. The Morgan fingerprint density at radius 1 is 1.12 bits per heavy atom. The molecule has 0 bridgehead atoms. The average Bonchev–Trinajstić information content (AvgIpc) is 2.81. The third kappa shape index (κ3) is 6.18. The van der Waals surface area contributed by atoms with Gasteiger partial charge < -0.3 is 16.0 Å². The number of sulfone groups is 1. The minimum atomic E-state index is -3.61. The van der Waals surface area contributed by atoms with Gasteiger partial charge in [0.2, 0.25) is 5.91 Å². The van der Waals surface area contributed by atoms with Crippen LogP contribution in [0.1, 0.15) is 48.0 Å². The van der Waals surface area contributed by atoms with Crippen molar-refractivity contribution in [1.82, 2.24) is 5.32 Å². The van der Waals surface area contributed by atoms with Crippen molar-refractivity contribution in [1.29, 1.82) is 0 Å². The van der Waals surface area contributed by atoms with E-state index in [1.54, 1.807) is 42.5 Å². The van der Waals surface area contributed by atoms with Gasteiger partial charge in [0.05, 0.1) is 22.9 Å². The van der Waals surface area contributed by atoms with E-state index in [1.807, 2.05) is 0 Å². The molecule has 0 aromatic heterocycles. The summed E-state index contributed by atoms with van der Waals surface area (Å²) in [5.74, 6) is -1.29. The van der Waals surface area contributed by atoms with Crippen LogP contribution in [0.2, 0.25) is 5.02 Å². The number of hydrogen-bond donors (Lipinski definition) is 3. The second-order valence-corrected chi connectivity index (χ2v) is 11.2. The van der Waals surface area contributed by atoms with E-state index in [1.165, 1.54) is 18.4 Å². The number of carbonyl (C=O) groups excluding carboxylic acids is 2. The lowest BCUT2D eigenvalue weighted by Crippen LogP contribution is -2.43. The van der Waals surface area contributed by atoms with E-state index >= 15 is 0 Å². The first-order chi connectivity index (χ1) is 16.3. The molecular formula is C25H28ClN3O4S. The molecule has 3 N–H and O–H groups in total. The van der Waals surface area contributed by atoms with E-state index in [4.69, 9.17) is 11.6 Å². The highest BCUT2D eigenvalue weighted by atomic mass is 35.5. The molecule has 0 radical (unpaired) electrons. The molecule has 0 fully saturated rings. The van der Waals surface area contributed by atoms with Crippen molar-refractivity contribution in [2.24, 2.45) is 0 Å². The molecular weight excluding hydrogens is 474 g/mol. The largest absolute Gasteiger partial charge is 0.371 e. The molecule has 0 saturated carbocycles. The Labute approximate surface area is 204 Å². The van der Waals surface area contributed by atoms with Crippen LogP contribution in [0.25, 0.3) is 0 Å². The van der Waals surface area contributed by atoms with Gasteiger partial charge in [-0.25, -0.2) is 8.42 Å². The van der Waals surface area contributed by atoms with Gasteiger partial charge in [-0.2, -0.15) is 0 Å². The lowest BCUT2D eigenvalue weighted by atomic mass is 9.97. The van der Waals surface area contributed by atoms with E-state index in [2.05, 4.69) is 22.0 Å². The summed E-state index contributed by atoms with van der Waals surface area (Å²) >= 11 is 6.09. The molecule has 1 atom stereocenters. The SMILES string of the molecule is O=C(NCCC1=CCCCC1)c1ccc2c(c1)NC(=O)[C@H](CS(=O)(=O)Cc1ccccc1Cl)N2. The number of rotatable bonds is 8. The van der Waals surface area contributed by atoms with Gasteiger partial charge in [0.15, 0.2) is 9.84 Å². The van der Waals surface area contributed by atoms with Crippen molar-refractivity contribution in [2.45, 2.75) is 43.9 Å². The van der Waals surface area contributed by atoms with Crippen LogP contribution in [-0.4, -0.2) is 38.6 Å². The van der Waals surface area contributed by atoms with Gasteiger partial charge in [0.25, 0.3) is 5.91 Å². The normalized spacial score (nSPS) is 17.7. The monoisotopic (exact) mass is 501 g/mol. The Bertz CT molecular complexity index is 1230. The highest BCUT2D eigenvalue weighted by molar-refractivity contribution is 7.90. The fraction of sp³-hybridized carbons (Fsp3) is 0.360. The van der Waals surface area contributed by atoms with Crippen LogP contribution < -0.4 is 16.0 Å². The molecule has 1 aliphatic carbocycles. The zero-order chi connectivity index (χ0) is 24.1. The van der Waals surface area contributed by atoms with Gasteiger partial charge in [-0.3, -0.25) is 9.59 Å². The maximum absolute atomic E-state index is 12.7. The minimum Gasteiger partial charge on any atom is -0.371 e. The van der Waals surface area contributed by atoms with Crippen LogP contribution in [-0.2, 0) is 20.4 Å². The number of anilines is 2. The first kappa shape index (κ1) is 24.3. The number of carbonyl (C=O) groups is 2. The second-order valence-electron chi connectivity index (χ2n) is 8.71. The van der Waals surface area contributed by atoms with E-state index in [-0.39, 0.29) is 17.4 Å². The molecule has 0 saturated heterocycles. The van der Waals surface area contributed by atoms with Gasteiger partial charge in [-0.05, 0) is 61.9 Å². The molecule has 9 heteroatoms. The topological polar surface area (TPSA) is 104 Å². The summed E-state index contributed by atoms with van der Waals surface area (Å²) in [7, 11) is -3.61. The lowest BCUT2D eigenvalue weighted by Gasteiger charge is -2.27. The summed E-state index contributed by atoms with van der Waals surface area (Å²) in [6.07, 6.45) is 7.77. The molecule has 2 aromatic rings. The summed E-state index contributed by atoms with van der Waals surface area (Å²) in [6, 6.07) is 10.7. The Hall–Kier alpha value is -2.84. The summed E-state index contributed by atoms with van der Waals surface area (Å²) in [4.78, 5) is 25.2. The average molecular weight is 502 g/mol. The number of benzene rings is 2. The number of fused-ring (bicyclic) bond motifs is 1. The predicted molar refractivity (Wildman–Crippen MR) is 135 cm³/mol. The molecule has 1 aliphatic heterocycles. The highest BCUT2D eigenvalue weighted by Gasteiger charge is 2.31. The van der Waals surface area contributed by atoms with Gasteiger partial charge in [-0.1, -0.05) is 41.4 Å². The van der Waals surface area contributed by atoms with Crippen LogP contribution in [0.3, 0.4) is 0 Å². The molecule has 4 rings (SSSR count). The van der Waals surface area contributed by atoms with Crippen molar-refractivity contribution < 1.29 is 18.0 Å². The molecule has 7 nitrogen and oxygen atoms in total. The molecule has 2 aromatic carbocycles. The number of amides is 2. The summed E-state index contributed by atoms with van der Waals surface area (Å²) in [5.41, 5.74) is 3.34. The fourth-order valence-corrected chi connectivity index (χ4v) is 6.11. The summed E-state index contributed by atoms with van der Waals surface area (Å²) in [5, 5.41) is 9.02. The number of allylic oxidation sites excluding steroid dienone is 1. The molecule has 0 unspecified atom stereocenters. The maximum atomic E-state index is 12.7. The Morgan fingerprint density at radius 2 is 1.94 bits per heavy atom. The molecule has 180 valence electrons. The van der Waals surface area contributed by atoms with Crippen molar-refractivity contribution in [3.63, 3.8) is 0 Å². The fourth-order valence-electron chi connectivity index (χ4n) is 4.24. The van der Waals surface area contributed by atoms with Crippen LogP contribution >= 0.6 is 11.6 Å². The quantitative estimate of drug-likeness (QED) is 0.467. The smallest absolute Gasteiger partial charge is 0.251 e. The first-order valence-electron chi connectivity index (χ1n) is 11.4. The Morgan fingerprint density at radius 3 is 2.71 bits per heavy atom. The van der Waals surface area contributed by atoms with Crippen molar-refractivity contribution in [3.05, 3.63) is 70.3 Å². The van der Waals surface area contributed by atoms with Gasteiger partial charge in [-0.15, -0.1) is 0 Å². The zero-order valence-corrected chi connectivity index (χ0v) is 20.3. The van der Waals surface area contributed by atoms with Crippen molar-refractivity contribution >= 4 is 44.6 Å². The van der Waals surface area contributed by atoms with E-state index < -0.39 is 21.8 Å². The van der Waals surface area contributed by atoms with Crippen LogP contribution in [0.4, 0.5) is 11.4 Å². The van der Waals surface area contributed by atoms with Crippen molar-refractivity contribution in [3.8, 4) is 0 Å². The Kier molecular flexibility index (Phi) is 7.58. The molecule has 2 amide bonds. The third-order valence-corrected chi connectivity index (χ3v) is 8.02. The van der Waals surface area contributed by atoms with Crippen molar-refractivity contribution in [2.75, 3.05) is 22.9 Å². The Balaban J connectivity index is 1.36. The van der Waals surface area contributed by atoms with Gasteiger partial charge >= 0.3 is 0 Å². The predicted octanol–water partition coefficient (Wildman–Crippen LogP) is 4.31. The maximum Gasteiger partial charge on any atom is 0.251 e. The minimum absolute atomic E-state index is 0.210. The molecule has 34 heavy (non-hydrogen) atoms. The lowest BCUT2D eigenvalue weighted by molar-refractivity contribution is -0.116. The molecule has 0 spiro atoms. The number of hydrogen-bond acceptors (Lipinski definition) is 5. The number of halogens is 1. The third-order valence-electron chi connectivity index (χ3n) is 6.06. The molecule has 2 aliphatic rings.